The van der Waals surface area contributed by atoms with Crippen LogP contribution < -0.4 is 10.6 Å². The normalized spacial score (nSPS) is 12.1. The van der Waals surface area contributed by atoms with Crippen molar-refractivity contribution in [2.24, 2.45) is 0 Å². The van der Waals surface area contributed by atoms with Crippen molar-refractivity contribution in [3.05, 3.63) is 90.3 Å². The summed E-state index contributed by atoms with van der Waals surface area (Å²) in [5.74, 6) is -0.195. The van der Waals surface area contributed by atoms with Crippen molar-refractivity contribution in [3.8, 4) is 0 Å². The molecule has 0 aliphatic rings. The Kier molecular flexibility index (Phi) is 7.18. The zero-order valence-electron chi connectivity index (χ0n) is 16.6. The molecule has 3 rings (SSSR count). The molecule has 0 fully saturated rings. The number of hydrogen-bond donors (Lipinski definition) is 1. The second kappa shape index (κ2) is 9.62. The van der Waals surface area contributed by atoms with Crippen molar-refractivity contribution in [3.63, 3.8) is 0 Å². The highest BCUT2D eigenvalue weighted by Gasteiger charge is 2.43. The summed E-state index contributed by atoms with van der Waals surface area (Å²) in [5, 5.41) is 2.59. The Labute approximate surface area is 174 Å². The number of hydrogen-bond acceptors (Lipinski definition) is 3. The van der Waals surface area contributed by atoms with Gasteiger partial charge >= 0.3 is 0 Å². The maximum Gasteiger partial charge on any atom is 0.264 e. The Morgan fingerprint density at radius 1 is 0.862 bits per heavy atom. The van der Waals surface area contributed by atoms with Gasteiger partial charge in [0.2, 0.25) is 0 Å². The standard InChI is InChI=1S/C23H26NO3PS/c1-20-11-10-16-24-23(20)19-28(21-12-4-2-5-13-21,22-14-6-3-7-15-22)17-8-9-18-29(25,26)27/h2-7,10-16H,8-9,17-19H2,1H3/p+1. The van der Waals surface area contributed by atoms with Crippen LogP contribution in [0.15, 0.2) is 79.0 Å². The van der Waals surface area contributed by atoms with Gasteiger partial charge in [-0.3, -0.25) is 9.54 Å². The molecule has 0 aliphatic heterocycles. The Balaban J connectivity index is 2.05. The van der Waals surface area contributed by atoms with Crippen LogP contribution in [0.25, 0.3) is 0 Å². The fourth-order valence-corrected chi connectivity index (χ4v) is 8.70. The number of rotatable bonds is 9. The highest BCUT2D eigenvalue weighted by atomic mass is 32.2. The third-order valence-corrected chi connectivity index (χ3v) is 10.5. The molecule has 4 nitrogen and oxygen atoms in total. The molecule has 3 aromatic rings. The van der Waals surface area contributed by atoms with Crippen LogP contribution in [0.2, 0.25) is 0 Å². The van der Waals surface area contributed by atoms with E-state index in [0.29, 0.717) is 6.42 Å². The lowest BCUT2D eigenvalue weighted by Crippen LogP contribution is -2.27. The Bertz CT molecular complexity index is 985. The maximum absolute atomic E-state index is 11.2. The minimum Gasteiger partial charge on any atom is -0.286 e. The van der Waals surface area contributed by atoms with Crippen molar-refractivity contribution in [2.75, 3.05) is 11.9 Å². The molecule has 0 atom stereocenters. The van der Waals surface area contributed by atoms with Gasteiger partial charge in [-0.2, -0.15) is 8.42 Å². The summed E-state index contributed by atoms with van der Waals surface area (Å²) in [7, 11) is -5.81. The van der Waals surface area contributed by atoms with Crippen LogP contribution in [0.1, 0.15) is 24.1 Å². The monoisotopic (exact) mass is 428 g/mol. The summed E-state index contributed by atoms with van der Waals surface area (Å²) in [6, 6.07) is 25.1. The van der Waals surface area contributed by atoms with Crippen LogP contribution in [0.5, 0.6) is 0 Å². The maximum atomic E-state index is 11.2. The lowest BCUT2D eigenvalue weighted by atomic mass is 10.2. The van der Waals surface area contributed by atoms with E-state index in [9.17, 15) is 8.42 Å². The first-order chi connectivity index (χ1) is 13.9. The van der Waals surface area contributed by atoms with Gasteiger partial charge in [0.05, 0.1) is 35.5 Å². The third-order valence-electron chi connectivity index (χ3n) is 5.23. The van der Waals surface area contributed by atoms with Gasteiger partial charge in [0.15, 0.2) is 0 Å². The smallest absolute Gasteiger partial charge is 0.264 e. The molecule has 1 heterocycles. The van der Waals surface area contributed by atoms with Gasteiger partial charge in [0, 0.05) is 6.20 Å². The van der Waals surface area contributed by atoms with Crippen LogP contribution in [0.3, 0.4) is 0 Å². The molecule has 0 unspecified atom stereocenters. The molecule has 0 saturated heterocycles. The van der Waals surface area contributed by atoms with Crippen molar-refractivity contribution in [1.82, 2.24) is 4.98 Å². The van der Waals surface area contributed by atoms with Crippen LogP contribution in [0.4, 0.5) is 0 Å². The Hall–Kier alpha value is -2.07. The summed E-state index contributed by atoms with van der Waals surface area (Å²) in [5.41, 5.74) is 2.25. The summed E-state index contributed by atoms with van der Waals surface area (Å²) >= 11 is 0. The molecule has 0 bridgehead atoms. The molecule has 0 amide bonds. The molecule has 0 radical (unpaired) electrons. The minimum atomic E-state index is -3.94. The van der Waals surface area contributed by atoms with E-state index >= 15 is 0 Å². The van der Waals surface area contributed by atoms with Crippen molar-refractivity contribution in [2.45, 2.75) is 25.9 Å². The van der Waals surface area contributed by atoms with E-state index in [4.69, 9.17) is 4.55 Å². The molecule has 6 heteroatoms. The van der Waals surface area contributed by atoms with E-state index in [1.165, 1.54) is 16.2 Å². The number of nitrogens with zero attached hydrogens (tertiary/aromatic N) is 1. The summed E-state index contributed by atoms with van der Waals surface area (Å²) < 4.78 is 31.5. The van der Waals surface area contributed by atoms with Gasteiger partial charge in [-0.1, -0.05) is 42.5 Å². The number of pyridine rings is 1. The van der Waals surface area contributed by atoms with E-state index in [1.807, 2.05) is 24.4 Å². The number of unbranched alkanes of at least 4 members (excludes halogenated alkanes) is 1. The largest absolute Gasteiger partial charge is 0.286 e. The van der Waals surface area contributed by atoms with Gasteiger partial charge in [0.25, 0.3) is 10.1 Å². The third kappa shape index (κ3) is 5.72. The molecular weight excluding hydrogens is 401 g/mol. The first-order valence-corrected chi connectivity index (χ1v) is 13.5. The topological polar surface area (TPSA) is 67.3 Å². The molecule has 2 aromatic carbocycles. The predicted octanol–water partition coefficient (Wildman–Crippen LogP) is 4.23. The average molecular weight is 429 g/mol. The van der Waals surface area contributed by atoms with Crippen LogP contribution in [-0.2, 0) is 16.3 Å². The number of benzene rings is 2. The fourth-order valence-electron chi connectivity index (χ4n) is 3.70. The summed E-state index contributed by atoms with van der Waals surface area (Å²) in [6.07, 6.45) is 4.71. The summed E-state index contributed by atoms with van der Waals surface area (Å²) in [6.45, 7) is 2.09. The van der Waals surface area contributed by atoms with Crippen molar-refractivity contribution >= 4 is 28.0 Å². The molecule has 1 N–H and O–H groups in total. The predicted molar refractivity (Wildman–Crippen MR) is 122 cm³/mol. The van der Waals surface area contributed by atoms with E-state index in [-0.39, 0.29) is 5.75 Å². The van der Waals surface area contributed by atoms with E-state index in [1.54, 1.807) is 0 Å². The zero-order chi connectivity index (χ0) is 20.7. The van der Waals surface area contributed by atoms with Gasteiger partial charge in [0.1, 0.15) is 6.16 Å². The lowest BCUT2D eigenvalue weighted by Gasteiger charge is -2.28. The average Bonchev–Trinajstić information content (AvgIpc) is 2.72. The lowest BCUT2D eigenvalue weighted by molar-refractivity contribution is 0.481. The highest BCUT2D eigenvalue weighted by Crippen LogP contribution is 2.59. The highest BCUT2D eigenvalue weighted by molar-refractivity contribution is 7.88. The minimum absolute atomic E-state index is 0.195. The van der Waals surface area contributed by atoms with Gasteiger partial charge in [-0.15, -0.1) is 0 Å². The van der Waals surface area contributed by atoms with Gasteiger partial charge < -0.3 is 0 Å². The van der Waals surface area contributed by atoms with Gasteiger partial charge in [-0.05, 0) is 55.7 Å². The summed E-state index contributed by atoms with van der Waals surface area (Å²) in [4.78, 5) is 4.67. The number of aryl methyl sites for hydroxylation is 1. The quantitative estimate of drug-likeness (QED) is 0.315. The molecular formula is C23H27NO3PS+. The molecule has 0 aliphatic carbocycles. The fraction of sp³-hybridized carbons (Fsp3) is 0.261. The Morgan fingerprint density at radius 3 is 1.97 bits per heavy atom. The molecule has 1 aromatic heterocycles. The molecule has 0 spiro atoms. The Morgan fingerprint density at radius 2 is 1.45 bits per heavy atom. The van der Waals surface area contributed by atoms with E-state index in [2.05, 4.69) is 66.5 Å². The van der Waals surface area contributed by atoms with Crippen LogP contribution >= 0.6 is 7.26 Å². The molecule has 152 valence electrons. The second-order valence-corrected chi connectivity index (χ2v) is 12.6. The van der Waals surface area contributed by atoms with E-state index < -0.39 is 17.4 Å². The SMILES string of the molecule is Cc1cccnc1C[P+](CCCCS(=O)(=O)O)(c1ccccc1)c1ccccc1. The van der Waals surface area contributed by atoms with E-state index in [0.717, 1.165) is 24.4 Å². The van der Waals surface area contributed by atoms with Crippen LogP contribution in [0, 0.1) is 6.92 Å². The zero-order valence-corrected chi connectivity index (χ0v) is 18.3. The number of aromatic nitrogens is 1. The first kappa shape index (κ1) is 21.6. The van der Waals surface area contributed by atoms with Crippen molar-refractivity contribution in [1.29, 1.82) is 0 Å². The first-order valence-electron chi connectivity index (χ1n) is 9.75. The van der Waals surface area contributed by atoms with Crippen molar-refractivity contribution < 1.29 is 13.0 Å². The van der Waals surface area contributed by atoms with Gasteiger partial charge in [-0.25, -0.2) is 0 Å². The van der Waals surface area contributed by atoms with Crippen LogP contribution in [-0.4, -0.2) is 29.9 Å². The second-order valence-electron chi connectivity index (χ2n) is 7.28. The molecule has 29 heavy (non-hydrogen) atoms. The molecule has 0 saturated carbocycles.